The van der Waals surface area contributed by atoms with E-state index in [4.69, 9.17) is 9.47 Å². The zero-order valence-corrected chi connectivity index (χ0v) is 14.6. The molecule has 0 aliphatic heterocycles. The van der Waals surface area contributed by atoms with E-state index in [0.29, 0.717) is 13.0 Å². The standard InChI is InChI=1S/C18H28O5/c1-13(2)23-18(21)12-14(3)10-11-22-17(16(5)20)9-7-6-8-15(4)19/h6-9,12-13,16-17,20H,10-11H2,1-5H3/b8-6+,9-7+,14-12+. The third-order valence-corrected chi connectivity index (χ3v) is 2.74. The number of esters is 1. The van der Waals surface area contributed by atoms with Crippen molar-refractivity contribution >= 4 is 11.8 Å². The molecule has 0 aromatic heterocycles. The van der Waals surface area contributed by atoms with Crippen molar-refractivity contribution in [2.45, 2.75) is 59.4 Å². The lowest BCUT2D eigenvalue weighted by molar-refractivity contribution is -0.141. The molecule has 5 heteroatoms. The summed E-state index contributed by atoms with van der Waals surface area (Å²) in [4.78, 5) is 22.3. The predicted molar refractivity (Wildman–Crippen MR) is 90.0 cm³/mol. The summed E-state index contributed by atoms with van der Waals surface area (Å²) in [6.07, 6.45) is 7.12. The van der Waals surface area contributed by atoms with Crippen LogP contribution in [0, 0.1) is 0 Å². The fourth-order valence-corrected chi connectivity index (χ4v) is 1.62. The van der Waals surface area contributed by atoms with Gasteiger partial charge in [0, 0.05) is 6.08 Å². The second kappa shape index (κ2) is 11.8. The maximum Gasteiger partial charge on any atom is 0.330 e. The summed E-state index contributed by atoms with van der Waals surface area (Å²) >= 11 is 0. The number of carbonyl (C=O) groups is 2. The van der Waals surface area contributed by atoms with Gasteiger partial charge in [-0.25, -0.2) is 4.79 Å². The first-order valence-corrected chi connectivity index (χ1v) is 7.75. The van der Waals surface area contributed by atoms with Gasteiger partial charge in [-0.15, -0.1) is 0 Å². The molecule has 0 aliphatic rings. The van der Waals surface area contributed by atoms with Gasteiger partial charge in [0.05, 0.1) is 18.8 Å². The van der Waals surface area contributed by atoms with Crippen molar-refractivity contribution in [2.75, 3.05) is 6.61 Å². The maximum absolute atomic E-state index is 11.5. The second-order valence-corrected chi connectivity index (χ2v) is 5.66. The van der Waals surface area contributed by atoms with Gasteiger partial charge in [0.25, 0.3) is 0 Å². The highest BCUT2D eigenvalue weighted by atomic mass is 16.5. The van der Waals surface area contributed by atoms with E-state index in [9.17, 15) is 14.7 Å². The van der Waals surface area contributed by atoms with Crippen LogP contribution in [0.4, 0.5) is 0 Å². The first-order valence-electron chi connectivity index (χ1n) is 7.75. The fraction of sp³-hybridized carbons (Fsp3) is 0.556. The third-order valence-electron chi connectivity index (χ3n) is 2.74. The van der Waals surface area contributed by atoms with Crippen LogP contribution in [-0.2, 0) is 19.1 Å². The highest BCUT2D eigenvalue weighted by Gasteiger charge is 2.11. The third kappa shape index (κ3) is 12.5. The normalized spacial score (nSPS) is 15.3. The Hall–Kier alpha value is -1.72. The number of carbonyl (C=O) groups excluding carboxylic acids is 2. The molecule has 0 saturated carbocycles. The van der Waals surface area contributed by atoms with Gasteiger partial charge in [-0.05, 0) is 47.1 Å². The first kappa shape index (κ1) is 21.3. The van der Waals surface area contributed by atoms with Gasteiger partial charge in [-0.3, -0.25) is 4.79 Å². The van der Waals surface area contributed by atoms with Crippen LogP contribution in [0.2, 0.25) is 0 Å². The van der Waals surface area contributed by atoms with E-state index < -0.39 is 12.2 Å². The van der Waals surface area contributed by atoms with Gasteiger partial charge < -0.3 is 14.6 Å². The Kier molecular flexibility index (Phi) is 10.9. The first-order chi connectivity index (χ1) is 10.7. The Morgan fingerprint density at radius 1 is 1.13 bits per heavy atom. The smallest absolute Gasteiger partial charge is 0.330 e. The van der Waals surface area contributed by atoms with Gasteiger partial charge in [0.1, 0.15) is 6.10 Å². The van der Waals surface area contributed by atoms with Crippen molar-refractivity contribution in [3.63, 3.8) is 0 Å². The van der Waals surface area contributed by atoms with E-state index in [1.807, 2.05) is 6.92 Å². The Bertz CT molecular complexity index is 458. The van der Waals surface area contributed by atoms with Crippen LogP contribution in [0.25, 0.3) is 0 Å². The molecular formula is C18H28O5. The predicted octanol–water partition coefficient (Wildman–Crippen LogP) is 2.74. The molecule has 0 aromatic carbocycles. The van der Waals surface area contributed by atoms with Gasteiger partial charge in [-0.2, -0.15) is 0 Å². The lowest BCUT2D eigenvalue weighted by Crippen LogP contribution is -2.24. The number of hydrogen-bond donors (Lipinski definition) is 1. The Morgan fingerprint density at radius 2 is 1.78 bits per heavy atom. The minimum atomic E-state index is -0.674. The monoisotopic (exact) mass is 324 g/mol. The maximum atomic E-state index is 11.5. The fourth-order valence-electron chi connectivity index (χ4n) is 1.62. The van der Waals surface area contributed by atoms with Gasteiger partial charge in [0.2, 0.25) is 0 Å². The molecule has 0 aliphatic carbocycles. The molecule has 0 fully saturated rings. The zero-order valence-electron chi connectivity index (χ0n) is 14.6. The minimum Gasteiger partial charge on any atom is -0.460 e. The molecule has 2 unspecified atom stereocenters. The minimum absolute atomic E-state index is 0.0433. The quantitative estimate of drug-likeness (QED) is 0.380. The molecule has 5 nitrogen and oxygen atoms in total. The van der Waals surface area contributed by atoms with Crippen LogP contribution < -0.4 is 0 Å². The number of aliphatic hydroxyl groups is 1. The summed E-state index contributed by atoms with van der Waals surface area (Å²) in [5.41, 5.74) is 0.848. The molecular weight excluding hydrogens is 296 g/mol. The summed E-state index contributed by atoms with van der Waals surface area (Å²) in [5.74, 6) is -0.406. The SMILES string of the molecule is CC(=O)/C=C/C=C/C(OCC/C(C)=C/C(=O)OC(C)C)C(C)O. The summed E-state index contributed by atoms with van der Waals surface area (Å²) in [6, 6.07) is 0. The Labute approximate surface area is 138 Å². The van der Waals surface area contributed by atoms with Gasteiger partial charge in [0.15, 0.2) is 5.78 Å². The van der Waals surface area contributed by atoms with E-state index in [1.165, 1.54) is 19.1 Å². The van der Waals surface area contributed by atoms with Gasteiger partial charge >= 0.3 is 5.97 Å². The summed E-state index contributed by atoms with van der Waals surface area (Å²) < 4.78 is 10.6. The molecule has 23 heavy (non-hydrogen) atoms. The molecule has 0 rings (SSSR count). The van der Waals surface area contributed by atoms with Crippen molar-refractivity contribution in [1.82, 2.24) is 0 Å². The highest BCUT2D eigenvalue weighted by Crippen LogP contribution is 2.07. The Morgan fingerprint density at radius 3 is 2.30 bits per heavy atom. The van der Waals surface area contributed by atoms with E-state index in [0.717, 1.165) is 5.57 Å². The van der Waals surface area contributed by atoms with Crippen molar-refractivity contribution in [3.05, 3.63) is 36.0 Å². The lowest BCUT2D eigenvalue weighted by atomic mass is 10.2. The molecule has 1 N–H and O–H groups in total. The van der Waals surface area contributed by atoms with Crippen LogP contribution in [0.3, 0.4) is 0 Å². The van der Waals surface area contributed by atoms with E-state index in [1.54, 1.807) is 39.0 Å². The molecule has 2 atom stereocenters. The molecule has 0 amide bonds. The number of aliphatic hydroxyl groups excluding tert-OH is 1. The number of hydrogen-bond acceptors (Lipinski definition) is 5. The average Bonchev–Trinajstić information content (AvgIpc) is 2.39. The molecule has 0 saturated heterocycles. The Balaban J connectivity index is 4.35. The van der Waals surface area contributed by atoms with Gasteiger partial charge in [-0.1, -0.05) is 23.8 Å². The number of ketones is 1. The van der Waals surface area contributed by atoms with Crippen LogP contribution in [0.5, 0.6) is 0 Å². The lowest BCUT2D eigenvalue weighted by Gasteiger charge is -2.17. The summed E-state index contributed by atoms with van der Waals surface area (Å²) in [5, 5.41) is 9.67. The van der Waals surface area contributed by atoms with Crippen molar-refractivity contribution < 1.29 is 24.2 Å². The second-order valence-electron chi connectivity index (χ2n) is 5.66. The van der Waals surface area contributed by atoms with E-state index in [2.05, 4.69) is 0 Å². The number of ether oxygens (including phenoxy) is 2. The van der Waals surface area contributed by atoms with Crippen molar-refractivity contribution in [2.24, 2.45) is 0 Å². The zero-order chi connectivity index (χ0) is 17.8. The largest absolute Gasteiger partial charge is 0.460 e. The van der Waals surface area contributed by atoms with Crippen LogP contribution in [0.1, 0.15) is 41.0 Å². The van der Waals surface area contributed by atoms with E-state index >= 15 is 0 Å². The molecule has 0 spiro atoms. The van der Waals surface area contributed by atoms with Crippen molar-refractivity contribution in [3.8, 4) is 0 Å². The van der Waals surface area contributed by atoms with Crippen LogP contribution >= 0.6 is 0 Å². The highest BCUT2D eigenvalue weighted by molar-refractivity contribution is 5.87. The van der Waals surface area contributed by atoms with Crippen molar-refractivity contribution in [1.29, 1.82) is 0 Å². The van der Waals surface area contributed by atoms with Crippen LogP contribution in [-0.4, -0.2) is 41.8 Å². The topological polar surface area (TPSA) is 72.8 Å². The summed E-state index contributed by atoms with van der Waals surface area (Å²) in [6.45, 7) is 8.88. The number of allylic oxidation sites excluding steroid dienone is 3. The average molecular weight is 324 g/mol. The molecule has 0 radical (unpaired) electrons. The van der Waals surface area contributed by atoms with Crippen LogP contribution in [0.15, 0.2) is 36.0 Å². The molecule has 0 aromatic rings. The van der Waals surface area contributed by atoms with E-state index in [-0.39, 0.29) is 17.9 Å². The number of rotatable bonds is 10. The molecule has 130 valence electrons. The molecule has 0 heterocycles. The molecule has 0 bridgehead atoms. The summed E-state index contributed by atoms with van der Waals surface area (Å²) in [7, 11) is 0.